The van der Waals surface area contributed by atoms with Gasteiger partial charge in [-0.25, -0.2) is 14.8 Å². The van der Waals surface area contributed by atoms with Crippen molar-refractivity contribution < 1.29 is 141 Å². The first-order valence-electron chi connectivity index (χ1n) is 12.4. The van der Waals surface area contributed by atoms with Gasteiger partial charge in [-0.15, -0.1) is 24.4 Å². The van der Waals surface area contributed by atoms with E-state index in [0.29, 0.717) is 30.3 Å². The predicted molar refractivity (Wildman–Crippen MR) is 162 cm³/mol. The molecule has 1 N–H and O–H groups in total. The van der Waals surface area contributed by atoms with Crippen molar-refractivity contribution in [2.24, 2.45) is 11.8 Å². The van der Waals surface area contributed by atoms with Gasteiger partial charge in [-0.2, -0.15) is 7.18 Å². The van der Waals surface area contributed by atoms with Crippen molar-refractivity contribution in [1.82, 2.24) is 0 Å². The number of hydrogen-bond donors (Lipinski definition) is 2. The molecular weight excluding hydrogens is 690 g/mol. The van der Waals surface area contributed by atoms with E-state index < -0.39 is 0 Å². The van der Waals surface area contributed by atoms with Gasteiger partial charge in [-0.05, 0) is 74.2 Å². The maximum atomic E-state index is 11.4. The molecule has 0 saturated heterocycles. The van der Waals surface area contributed by atoms with Crippen LogP contribution in [0.1, 0.15) is 62.3 Å². The standard InChI is InChI=1S/C13H18O2S.C9H10O2S.C4H9Br.CH2F.CH2O3.2K/c1-4-15-13(14)11-5-7-12(8-6-11)16-9-10(2)3;1-2-11-9(10)7-3-5-8(12)6-4-7;1-4(2)3-5;1-2;2-1-4-3;;/h5-8,10H,4,9H2,1-3H3;3-6,12H,2H2,1H3;4H,3H2,1-2H3;1H2;1,3H;;/q;;;-1;;2*+1/i/hD. The number of thiol groups is 1. The van der Waals surface area contributed by atoms with Crippen LogP contribution in [0.25, 0.3) is 1.43 Å². The van der Waals surface area contributed by atoms with Crippen LogP contribution in [0, 0.1) is 19.0 Å². The molecule has 0 amide bonds. The molecule has 0 atom stereocenters. The van der Waals surface area contributed by atoms with E-state index in [1.165, 1.54) is 4.90 Å². The van der Waals surface area contributed by atoms with Gasteiger partial charge in [0.15, 0.2) is 0 Å². The molecule has 222 valence electrons. The molecule has 0 fully saturated rings. The van der Waals surface area contributed by atoms with E-state index in [9.17, 15) is 14.0 Å². The van der Waals surface area contributed by atoms with Crippen molar-refractivity contribution in [3.63, 3.8) is 0 Å². The smallest absolute Gasteiger partial charge is 0.463 e. The Bertz CT molecular complexity index is 899. The number of halogens is 2. The summed E-state index contributed by atoms with van der Waals surface area (Å²) >= 11 is 9.22. The average Bonchev–Trinajstić information content (AvgIpc) is 2.95. The number of ether oxygens (including phenoxy) is 2. The minimum atomic E-state index is -0.286. The zero-order chi connectivity index (χ0) is 31.3. The summed E-state index contributed by atoms with van der Waals surface area (Å²) in [5, 5.41) is 4.19. The normalized spacial score (nSPS) is 9.02. The van der Waals surface area contributed by atoms with Crippen LogP contribution in [0.4, 0.5) is 4.39 Å². The third kappa shape index (κ3) is 33.9. The number of thioether (sulfide) groups is 1. The molecule has 0 aromatic heterocycles. The second-order valence-electron chi connectivity index (χ2n) is 7.96. The van der Waals surface area contributed by atoms with Crippen molar-refractivity contribution in [3.8, 4) is 0 Å². The SMILES string of the molecule is CC(C)CBr.CCOC(=O)c1ccc(S)cc1.CCOC(=O)c1ccc(SCC(C)C)cc1.[2H]OOC=O.[CH2-]F.[K+].[K+]. The Kier molecular flexibility index (Phi) is 44.7. The molecule has 2 rings (SSSR count). The second kappa shape index (κ2) is 37.4. The molecule has 0 aliphatic rings. The van der Waals surface area contributed by atoms with Gasteiger partial charge in [0.1, 0.15) is 0 Å². The molecule has 41 heavy (non-hydrogen) atoms. The molecule has 2 aromatic rings. The average molecular weight is 732 g/mol. The summed E-state index contributed by atoms with van der Waals surface area (Å²) in [7, 11) is 1.75. The fraction of sp³-hybridized carbons (Fsp3) is 0.429. The first-order chi connectivity index (χ1) is 19.1. The van der Waals surface area contributed by atoms with E-state index in [4.69, 9.17) is 15.7 Å². The topological polar surface area (TPSA) is 99.1 Å². The number of hydrogen-bond acceptors (Lipinski definition) is 9. The molecule has 0 radical (unpaired) electrons. The monoisotopic (exact) mass is 730 g/mol. The summed E-state index contributed by atoms with van der Waals surface area (Å²) in [6.07, 6.45) is 0. The van der Waals surface area contributed by atoms with E-state index >= 15 is 0 Å². The molecule has 0 aliphatic heterocycles. The minimum absolute atomic E-state index is 0. The first kappa shape index (κ1) is 49.1. The van der Waals surface area contributed by atoms with Crippen molar-refractivity contribution >= 4 is 58.7 Å². The third-order valence-corrected chi connectivity index (χ3v) is 6.71. The summed E-state index contributed by atoms with van der Waals surface area (Å²) in [5.74, 6) is 2.04. The molecule has 0 saturated carbocycles. The van der Waals surface area contributed by atoms with Crippen LogP contribution in [0.5, 0.6) is 0 Å². The number of alkyl halides is 1. The Morgan fingerprint density at radius 2 is 1.34 bits per heavy atom. The molecule has 0 spiro atoms. The van der Waals surface area contributed by atoms with Crippen LogP contribution in [0.2, 0.25) is 0 Å². The van der Waals surface area contributed by atoms with Gasteiger partial charge in [0.05, 0.1) is 24.3 Å². The number of carbonyl (C=O) groups is 3. The fourth-order valence-electron chi connectivity index (χ4n) is 1.98. The Labute approximate surface area is 350 Å². The zero-order valence-corrected chi connectivity index (χ0v) is 34.9. The zero-order valence-electron chi connectivity index (χ0n) is 26.4. The van der Waals surface area contributed by atoms with Crippen molar-refractivity contribution in [3.05, 3.63) is 66.8 Å². The predicted octanol–water partition coefficient (Wildman–Crippen LogP) is 2.19. The largest absolute Gasteiger partial charge is 1.00 e. The molecule has 0 bridgehead atoms. The Morgan fingerprint density at radius 1 is 0.951 bits per heavy atom. The van der Waals surface area contributed by atoms with Crippen LogP contribution in [0.15, 0.2) is 58.3 Å². The molecule has 2 aromatic carbocycles. The number of rotatable bonds is 10. The molecule has 0 heterocycles. The maximum Gasteiger partial charge on any atom is 1.00 e. The number of carbonyl (C=O) groups excluding carboxylic acids is 3. The quantitative estimate of drug-likeness (QED) is 0.0367. The molecule has 0 aliphatic carbocycles. The Hall–Kier alpha value is 1.19. The third-order valence-electron chi connectivity index (χ3n) is 3.68. The van der Waals surface area contributed by atoms with Gasteiger partial charge in [-0.3, -0.25) is 4.79 Å². The summed E-state index contributed by atoms with van der Waals surface area (Å²) in [6.45, 7) is 13.2. The van der Waals surface area contributed by atoms with Gasteiger partial charge in [-0.1, -0.05) is 43.6 Å². The summed E-state index contributed by atoms with van der Waals surface area (Å²) < 4.78 is 24.6. The van der Waals surface area contributed by atoms with E-state index in [1.54, 1.807) is 38.4 Å². The van der Waals surface area contributed by atoms with Gasteiger partial charge in [0.25, 0.3) is 1.43 Å². The van der Waals surface area contributed by atoms with Gasteiger partial charge < -0.3 is 18.8 Å². The van der Waals surface area contributed by atoms with Crippen LogP contribution in [-0.2, 0) is 19.2 Å². The Morgan fingerprint density at radius 3 is 1.61 bits per heavy atom. The molecule has 13 heteroatoms. The molecule has 0 unspecified atom stereocenters. The van der Waals surface area contributed by atoms with Crippen LogP contribution < -0.4 is 103 Å². The van der Waals surface area contributed by atoms with E-state index in [2.05, 4.69) is 66.4 Å². The summed E-state index contributed by atoms with van der Waals surface area (Å²) in [4.78, 5) is 36.8. The van der Waals surface area contributed by atoms with E-state index in [1.807, 2.05) is 43.0 Å². The van der Waals surface area contributed by atoms with Crippen molar-refractivity contribution in [2.45, 2.75) is 51.3 Å². The minimum Gasteiger partial charge on any atom is -0.463 e. The number of benzene rings is 2. The van der Waals surface area contributed by atoms with Gasteiger partial charge >= 0.3 is 121 Å². The van der Waals surface area contributed by atoms with Crippen LogP contribution in [0.3, 0.4) is 0 Å². The fourth-order valence-corrected chi connectivity index (χ4v) is 2.98. The van der Waals surface area contributed by atoms with Crippen LogP contribution >= 0.6 is 40.3 Å². The number of esters is 2. The van der Waals surface area contributed by atoms with Crippen molar-refractivity contribution in [1.29, 1.82) is 1.43 Å². The Balaban J connectivity index is -0.000000155. The van der Waals surface area contributed by atoms with E-state index in [0.717, 1.165) is 21.9 Å². The summed E-state index contributed by atoms with van der Waals surface area (Å²) in [6, 6.07) is 14.5. The molecular formula is C28H41BrFK2O7S2+. The second-order valence-corrected chi connectivity index (χ2v) is 10.2. The maximum absolute atomic E-state index is 11.4. The van der Waals surface area contributed by atoms with Crippen LogP contribution in [-0.4, -0.2) is 48.0 Å². The first-order valence-corrected chi connectivity index (χ1v) is 14.5. The van der Waals surface area contributed by atoms with Gasteiger partial charge in [0.2, 0.25) is 0 Å². The van der Waals surface area contributed by atoms with Crippen molar-refractivity contribution in [2.75, 3.05) is 24.3 Å². The van der Waals surface area contributed by atoms with E-state index in [-0.39, 0.29) is 121 Å². The summed E-state index contributed by atoms with van der Waals surface area (Å²) in [5.41, 5.74) is 1.19. The van der Waals surface area contributed by atoms with Gasteiger partial charge in [0, 0.05) is 20.9 Å². The molecule has 7 nitrogen and oxygen atoms in total.